The summed E-state index contributed by atoms with van der Waals surface area (Å²) < 4.78 is 25.3. The Hall–Kier alpha value is -1.23. The fourth-order valence-corrected chi connectivity index (χ4v) is 0.926. The third-order valence-electron chi connectivity index (χ3n) is 1.50. The minimum Gasteiger partial charge on any atom is -0.477 e. The van der Waals surface area contributed by atoms with Gasteiger partial charge in [0.2, 0.25) is 0 Å². The molecule has 0 aliphatic heterocycles. The van der Waals surface area contributed by atoms with Crippen molar-refractivity contribution in [3.63, 3.8) is 0 Å². The van der Waals surface area contributed by atoms with E-state index in [1.807, 2.05) is 0 Å². The summed E-state index contributed by atoms with van der Waals surface area (Å²) in [6, 6.07) is 2.64. The second kappa shape index (κ2) is 3.88. The Balaban J connectivity index is 2.79. The Kier molecular flexibility index (Phi) is 3.00. The average molecular weight is 222 g/mol. The molecule has 0 spiro atoms. The van der Waals surface area contributed by atoms with Crippen molar-refractivity contribution in [1.82, 2.24) is 4.98 Å². The molecule has 1 aromatic heterocycles. The van der Waals surface area contributed by atoms with Crippen molar-refractivity contribution in [2.75, 3.05) is 0 Å². The van der Waals surface area contributed by atoms with E-state index in [0.717, 1.165) is 0 Å². The van der Waals surface area contributed by atoms with Gasteiger partial charge in [0.15, 0.2) is 0 Å². The molecule has 0 atom stereocenters. The quantitative estimate of drug-likeness (QED) is 0.849. The van der Waals surface area contributed by atoms with Crippen molar-refractivity contribution >= 4 is 17.6 Å². The van der Waals surface area contributed by atoms with E-state index in [1.165, 1.54) is 18.3 Å². The van der Waals surface area contributed by atoms with Gasteiger partial charge in [-0.05, 0) is 12.1 Å². The molecule has 0 fully saturated rings. The molecule has 1 aromatic rings. The average Bonchev–Trinajstić information content (AvgIpc) is 2.08. The van der Waals surface area contributed by atoms with Crippen LogP contribution in [0.3, 0.4) is 0 Å². The van der Waals surface area contributed by atoms with Crippen LogP contribution in [-0.4, -0.2) is 22.0 Å². The van der Waals surface area contributed by atoms with E-state index < -0.39 is 18.3 Å². The maximum absolute atomic E-state index is 12.7. The van der Waals surface area contributed by atoms with Crippen LogP contribution in [0.15, 0.2) is 18.3 Å². The summed E-state index contributed by atoms with van der Waals surface area (Å²) in [5, 5.41) is 8.47. The summed E-state index contributed by atoms with van der Waals surface area (Å²) >= 11 is 5.48. The minimum absolute atomic E-state index is 0.0122. The highest BCUT2D eigenvalue weighted by Gasteiger charge is 2.39. The number of nitrogens with zero attached hydrogens (tertiary/aromatic N) is 1. The van der Waals surface area contributed by atoms with Crippen LogP contribution in [0.2, 0.25) is 5.02 Å². The lowest BCUT2D eigenvalue weighted by molar-refractivity contribution is -0.164. The summed E-state index contributed by atoms with van der Waals surface area (Å²) in [5.74, 6) is -5.95. The molecule has 14 heavy (non-hydrogen) atoms. The summed E-state index contributed by atoms with van der Waals surface area (Å²) in [4.78, 5) is 13.7. The molecule has 0 bridgehead atoms. The van der Waals surface area contributed by atoms with Crippen molar-refractivity contribution in [2.45, 2.75) is 12.3 Å². The predicted molar refractivity (Wildman–Crippen MR) is 45.5 cm³/mol. The zero-order valence-electron chi connectivity index (χ0n) is 6.88. The summed E-state index contributed by atoms with van der Waals surface area (Å²) in [6.07, 6.45) is 0.258. The third-order valence-corrected chi connectivity index (χ3v) is 1.73. The van der Waals surface area contributed by atoms with E-state index in [0.29, 0.717) is 5.02 Å². The molecular formula is C8H6ClF2NO2. The van der Waals surface area contributed by atoms with Gasteiger partial charge in [0.25, 0.3) is 0 Å². The van der Waals surface area contributed by atoms with Gasteiger partial charge in [-0.1, -0.05) is 11.6 Å². The van der Waals surface area contributed by atoms with E-state index in [2.05, 4.69) is 4.98 Å². The normalized spacial score (nSPS) is 11.4. The van der Waals surface area contributed by atoms with Crippen LogP contribution in [0, 0.1) is 0 Å². The van der Waals surface area contributed by atoms with Crippen LogP contribution in [-0.2, 0) is 11.2 Å². The molecule has 6 heteroatoms. The van der Waals surface area contributed by atoms with Crippen LogP contribution in [0.1, 0.15) is 5.69 Å². The first-order valence-corrected chi connectivity index (χ1v) is 4.01. The molecule has 76 valence electrons. The van der Waals surface area contributed by atoms with Gasteiger partial charge in [0, 0.05) is 11.9 Å². The first-order valence-electron chi connectivity index (χ1n) is 3.63. The van der Waals surface area contributed by atoms with Gasteiger partial charge in [-0.25, -0.2) is 4.79 Å². The number of pyridine rings is 1. The zero-order valence-corrected chi connectivity index (χ0v) is 7.63. The van der Waals surface area contributed by atoms with E-state index in [-0.39, 0.29) is 5.69 Å². The Morgan fingerprint density at radius 2 is 2.21 bits per heavy atom. The number of aromatic nitrogens is 1. The molecule has 1 rings (SSSR count). The van der Waals surface area contributed by atoms with E-state index in [9.17, 15) is 13.6 Å². The summed E-state index contributed by atoms with van der Waals surface area (Å²) in [5.41, 5.74) is -0.0122. The number of carboxylic acids is 1. The van der Waals surface area contributed by atoms with Crippen molar-refractivity contribution in [3.8, 4) is 0 Å². The lowest BCUT2D eigenvalue weighted by Crippen LogP contribution is -2.30. The molecule has 0 saturated carbocycles. The number of aliphatic carboxylic acids is 1. The zero-order chi connectivity index (χ0) is 10.8. The van der Waals surface area contributed by atoms with Crippen LogP contribution in [0.4, 0.5) is 8.78 Å². The van der Waals surface area contributed by atoms with Crippen LogP contribution in [0.5, 0.6) is 0 Å². The number of rotatable bonds is 3. The third kappa shape index (κ3) is 2.63. The summed E-state index contributed by atoms with van der Waals surface area (Å²) in [6.45, 7) is 0. The van der Waals surface area contributed by atoms with Crippen molar-refractivity contribution < 1.29 is 18.7 Å². The maximum atomic E-state index is 12.7. The van der Waals surface area contributed by atoms with Gasteiger partial charge in [-0.15, -0.1) is 0 Å². The van der Waals surface area contributed by atoms with Crippen LogP contribution < -0.4 is 0 Å². The molecule has 0 radical (unpaired) electrons. The fourth-order valence-electron chi connectivity index (χ4n) is 0.814. The van der Waals surface area contributed by atoms with Gasteiger partial charge in [0.05, 0.1) is 11.4 Å². The van der Waals surface area contributed by atoms with Gasteiger partial charge in [0.1, 0.15) is 0 Å². The standard InChI is InChI=1S/C8H6ClF2NO2/c9-5-1-2-6(12-4-5)3-8(10,11)7(13)14/h1-2,4H,3H2,(H,13,14). The highest BCUT2D eigenvalue weighted by atomic mass is 35.5. The monoisotopic (exact) mass is 221 g/mol. The molecule has 0 amide bonds. The SMILES string of the molecule is O=C(O)C(F)(F)Cc1ccc(Cl)cn1. The number of carboxylic acid groups (broad SMARTS) is 1. The second-order valence-electron chi connectivity index (χ2n) is 2.65. The van der Waals surface area contributed by atoms with Gasteiger partial charge >= 0.3 is 11.9 Å². The van der Waals surface area contributed by atoms with Crippen LogP contribution in [0.25, 0.3) is 0 Å². The molecule has 0 aliphatic carbocycles. The highest BCUT2D eigenvalue weighted by Crippen LogP contribution is 2.19. The predicted octanol–water partition coefficient (Wildman–Crippen LogP) is 2.00. The Labute approximate surface area is 83.3 Å². The lowest BCUT2D eigenvalue weighted by Gasteiger charge is -2.09. The first kappa shape index (κ1) is 10.8. The number of alkyl halides is 2. The molecule has 0 aromatic carbocycles. The Morgan fingerprint density at radius 3 is 2.64 bits per heavy atom. The smallest absolute Gasteiger partial charge is 0.374 e. The molecule has 0 unspecified atom stereocenters. The number of hydrogen-bond donors (Lipinski definition) is 1. The lowest BCUT2D eigenvalue weighted by atomic mass is 10.2. The van der Waals surface area contributed by atoms with Gasteiger partial charge in [-0.3, -0.25) is 4.98 Å². The maximum Gasteiger partial charge on any atom is 0.374 e. The van der Waals surface area contributed by atoms with Gasteiger partial charge < -0.3 is 5.11 Å². The molecule has 0 aliphatic rings. The van der Waals surface area contributed by atoms with Crippen molar-refractivity contribution in [3.05, 3.63) is 29.0 Å². The van der Waals surface area contributed by atoms with E-state index in [1.54, 1.807) is 0 Å². The number of halogens is 3. The van der Waals surface area contributed by atoms with E-state index in [4.69, 9.17) is 16.7 Å². The molecule has 3 nitrogen and oxygen atoms in total. The van der Waals surface area contributed by atoms with Crippen molar-refractivity contribution in [1.29, 1.82) is 0 Å². The second-order valence-corrected chi connectivity index (χ2v) is 3.09. The number of hydrogen-bond acceptors (Lipinski definition) is 2. The largest absolute Gasteiger partial charge is 0.477 e. The highest BCUT2D eigenvalue weighted by molar-refractivity contribution is 6.30. The molecule has 1 N–H and O–H groups in total. The topological polar surface area (TPSA) is 50.2 Å². The molecular weight excluding hydrogens is 216 g/mol. The van der Waals surface area contributed by atoms with Gasteiger partial charge in [-0.2, -0.15) is 8.78 Å². The summed E-state index contributed by atoms with van der Waals surface area (Å²) in [7, 11) is 0. The minimum atomic E-state index is -3.79. The number of carbonyl (C=O) groups is 1. The Morgan fingerprint density at radius 1 is 1.57 bits per heavy atom. The fraction of sp³-hybridized carbons (Fsp3) is 0.250. The molecule has 0 saturated heterocycles. The van der Waals surface area contributed by atoms with E-state index >= 15 is 0 Å². The Bertz CT molecular complexity index is 340. The van der Waals surface area contributed by atoms with Crippen LogP contribution >= 0.6 is 11.6 Å². The molecule has 1 heterocycles. The van der Waals surface area contributed by atoms with Crippen molar-refractivity contribution in [2.24, 2.45) is 0 Å². The first-order chi connectivity index (χ1) is 6.42.